The SMILES string of the molecule is CCn1ncc2c(NC3CCOCC3)c(C(=O)NC(C)c3ccc(S(N)(=O)=O)cc3)cnc21. The van der Waals surface area contributed by atoms with Crippen LogP contribution in [0.4, 0.5) is 5.69 Å². The molecule has 3 aromatic rings. The van der Waals surface area contributed by atoms with E-state index in [-0.39, 0.29) is 22.9 Å². The zero-order chi connectivity index (χ0) is 23.6. The van der Waals surface area contributed by atoms with Crippen LogP contribution < -0.4 is 15.8 Å². The van der Waals surface area contributed by atoms with E-state index in [1.54, 1.807) is 29.2 Å². The lowest BCUT2D eigenvalue weighted by molar-refractivity contribution is 0.0903. The predicted molar refractivity (Wildman–Crippen MR) is 124 cm³/mol. The number of benzene rings is 1. The number of ether oxygens (including phenoxy) is 1. The maximum absolute atomic E-state index is 13.3. The highest BCUT2D eigenvalue weighted by Crippen LogP contribution is 2.29. The summed E-state index contributed by atoms with van der Waals surface area (Å²) in [5.41, 5.74) is 2.61. The first kappa shape index (κ1) is 23.1. The zero-order valence-electron chi connectivity index (χ0n) is 18.6. The number of nitrogens with two attached hydrogens (primary N) is 1. The molecule has 0 bridgehead atoms. The number of pyridine rings is 1. The minimum atomic E-state index is -3.77. The summed E-state index contributed by atoms with van der Waals surface area (Å²) in [4.78, 5) is 17.8. The Bertz CT molecular complexity index is 1250. The number of anilines is 1. The summed E-state index contributed by atoms with van der Waals surface area (Å²) in [6.07, 6.45) is 5.00. The van der Waals surface area contributed by atoms with Gasteiger partial charge >= 0.3 is 0 Å². The van der Waals surface area contributed by atoms with Gasteiger partial charge in [-0.05, 0) is 44.4 Å². The fraction of sp³-hybridized carbons (Fsp3) is 0.409. The Balaban J connectivity index is 1.62. The van der Waals surface area contributed by atoms with Crippen molar-refractivity contribution in [2.24, 2.45) is 5.14 Å². The Morgan fingerprint density at radius 3 is 2.58 bits per heavy atom. The summed E-state index contributed by atoms with van der Waals surface area (Å²) in [6, 6.07) is 5.95. The number of carbonyl (C=O) groups excluding carboxylic acids is 1. The van der Waals surface area contributed by atoms with Crippen LogP contribution in [0.15, 0.2) is 41.6 Å². The molecule has 0 saturated carbocycles. The highest BCUT2D eigenvalue weighted by molar-refractivity contribution is 7.89. The summed E-state index contributed by atoms with van der Waals surface area (Å²) in [7, 11) is -3.77. The van der Waals surface area contributed by atoms with Gasteiger partial charge in [0.15, 0.2) is 5.65 Å². The summed E-state index contributed by atoms with van der Waals surface area (Å²) >= 11 is 0. The number of nitrogens with one attached hydrogen (secondary N) is 2. The standard InChI is InChI=1S/C22H28N6O4S/c1-3-28-21-18(13-25-28)20(27-16-8-10-32-11-9-16)19(12-24-21)22(29)26-14(2)15-4-6-17(7-5-15)33(23,30)31/h4-7,12-14,16H,3,8-11H2,1-2H3,(H,24,27)(H,26,29)(H2,23,30,31). The minimum absolute atomic E-state index is 0.0234. The number of aromatic nitrogens is 3. The van der Waals surface area contributed by atoms with Crippen molar-refractivity contribution in [3.63, 3.8) is 0 Å². The molecule has 1 aliphatic heterocycles. The molecule has 2 aromatic heterocycles. The van der Waals surface area contributed by atoms with E-state index in [2.05, 4.69) is 20.7 Å². The average Bonchev–Trinajstić information content (AvgIpc) is 3.23. The normalized spacial score (nSPS) is 16.0. The van der Waals surface area contributed by atoms with Crippen molar-refractivity contribution in [2.45, 2.75) is 50.2 Å². The van der Waals surface area contributed by atoms with Gasteiger partial charge in [0.1, 0.15) is 0 Å². The Morgan fingerprint density at radius 1 is 1.24 bits per heavy atom. The van der Waals surface area contributed by atoms with Crippen LogP contribution in [-0.2, 0) is 21.3 Å². The molecule has 3 heterocycles. The van der Waals surface area contributed by atoms with Crippen LogP contribution in [0.2, 0.25) is 0 Å². The van der Waals surface area contributed by atoms with Gasteiger partial charge in [0, 0.05) is 32.0 Å². The number of hydrogen-bond acceptors (Lipinski definition) is 7. The van der Waals surface area contributed by atoms with E-state index in [1.807, 2.05) is 13.8 Å². The van der Waals surface area contributed by atoms with Crippen LogP contribution in [0.1, 0.15) is 48.7 Å². The number of hydrogen-bond donors (Lipinski definition) is 3. The fourth-order valence-electron chi connectivity index (χ4n) is 3.94. The Hall–Kier alpha value is -3.02. The number of sulfonamides is 1. The summed E-state index contributed by atoms with van der Waals surface area (Å²) < 4.78 is 30.2. The second kappa shape index (κ2) is 9.46. The molecule has 176 valence electrons. The van der Waals surface area contributed by atoms with Crippen LogP contribution >= 0.6 is 0 Å². The Morgan fingerprint density at radius 2 is 1.94 bits per heavy atom. The molecule has 1 aliphatic rings. The molecule has 0 aliphatic carbocycles. The molecule has 1 amide bonds. The number of aryl methyl sites for hydroxylation is 1. The van der Waals surface area contributed by atoms with Gasteiger partial charge in [-0.25, -0.2) is 23.2 Å². The van der Waals surface area contributed by atoms with E-state index in [4.69, 9.17) is 9.88 Å². The maximum atomic E-state index is 13.3. The van der Waals surface area contributed by atoms with Gasteiger partial charge in [-0.2, -0.15) is 5.10 Å². The quantitative estimate of drug-likeness (QED) is 0.478. The Labute approximate surface area is 192 Å². The van der Waals surface area contributed by atoms with Crippen molar-refractivity contribution >= 4 is 32.7 Å². The minimum Gasteiger partial charge on any atom is -0.381 e. The molecule has 10 nitrogen and oxygen atoms in total. The predicted octanol–water partition coefficient (Wildman–Crippen LogP) is 2.18. The van der Waals surface area contributed by atoms with Crippen LogP contribution in [0.3, 0.4) is 0 Å². The fourth-order valence-corrected chi connectivity index (χ4v) is 4.45. The van der Waals surface area contributed by atoms with Crippen molar-refractivity contribution in [1.29, 1.82) is 0 Å². The highest BCUT2D eigenvalue weighted by atomic mass is 32.2. The topological polar surface area (TPSA) is 141 Å². The van der Waals surface area contributed by atoms with E-state index >= 15 is 0 Å². The first-order valence-electron chi connectivity index (χ1n) is 10.9. The molecule has 33 heavy (non-hydrogen) atoms. The molecular formula is C22H28N6O4S. The first-order valence-corrected chi connectivity index (χ1v) is 12.4. The van der Waals surface area contributed by atoms with E-state index in [0.717, 1.165) is 29.4 Å². The number of amides is 1. The molecule has 1 unspecified atom stereocenters. The molecule has 11 heteroatoms. The van der Waals surface area contributed by atoms with Crippen molar-refractivity contribution in [2.75, 3.05) is 18.5 Å². The lowest BCUT2D eigenvalue weighted by Gasteiger charge is -2.26. The third-order valence-corrected chi connectivity index (χ3v) is 6.77. The lowest BCUT2D eigenvalue weighted by atomic mass is 10.1. The molecule has 4 rings (SSSR count). The van der Waals surface area contributed by atoms with Gasteiger partial charge in [-0.3, -0.25) is 4.79 Å². The molecule has 1 atom stereocenters. The highest BCUT2D eigenvalue weighted by Gasteiger charge is 2.23. The van der Waals surface area contributed by atoms with E-state index in [1.165, 1.54) is 12.1 Å². The summed E-state index contributed by atoms with van der Waals surface area (Å²) in [5.74, 6) is -0.286. The summed E-state index contributed by atoms with van der Waals surface area (Å²) in [5, 5.41) is 16.9. The van der Waals surface area contributed by atoms with Crippen molar-refractivity contribution in [1.82, 2.24) is 20.1 Å². The second-order valence-corrected chi connectivity index (χ2v) is 9.65. The summed E-state index contributed by atoms with van der Waals surface area (Å²) in [6.45, 7) is 5.84. The van der Waals surface area contributed by atoms with Gasteiger partial charge in [-0.1, -0.05) is 12.1 Å². The monoisotopic (exact) mass is 472 g/mol. The van der Waals surface area contributed by atoms with Gasteiger partial charge in [0.2, 0.25) is 10.0 Å². The van der Waals surface area contributed by atoms with E-state index in [9.17, 15) is 13.2 Å². The lowest BCUT2D eigenvalue weighted by Crippen LogP contribution is -2.31. The third-order valence-electron chi connectivity index (χ3n) is 5.84. The molecule has 0 radical (unpaired) electrons. The van der Waals surface area contributed by atoms with E-state index < -0.39 is 10.0 Å². The van der Waals surface area contributed by atoms with E-state index in [0.29, 0.717) is 31.0 Å². The smallest absolute Gasteiger partial charge is 0.255 e. The number of carbonyl (C=O) groups is 1. The van der Waals surface area contributed by atoms with Gasteiger partial charge in [0.05, 0.1) is 33.8 Å². The zero-order valence-corrected chi connectivity index (χ0v) is 19.4. The third kappa shape index (κ3) is 5.00. The largest absolute Gasteiger partial charge is 0.381 e. The number of nitrogens with zero attached hydrogens (tertiary/aromatic N) is 3. The number of fused-ring (bicyclic) bond motifs is 1. The molecular weight excluding hydrogens is 444 g/mol. The van der Waals surface area contributed by atoms with Crippen LogP contribution in [0.5, 0.6) is 0 Å². The van der Waals surface area contributed by atoms with Gasteiger partial charge < -0.3 is 15.4 Å². The number of primary sulfonamides is 1. The first-order chi connectivity index (χ1) is 15.8. The van der Waals surface area contributed by atoms with Gasteiger partial charge in [0.25, 0.3) is 5.91 Å². The van der Waals surface area contributed by atoms with Crippen LogP contribution in [0, 0.1) is 0 Å². The average molecular weight is 473 g/mol. The molecule has 1 fully saturated rings. The molecule has 1 saturated heterocycles. The molecule has 4 N–H and O–H groups in total. The molecule has 0 spiro atoms. The van der Waals surface area contributed by atoms with Crippen molar-refractivity contribution in [3.05, 3.63) is 47.8 Å². The number of rotatable bonds is 7. The second-order valence-electron chi connectivity index (χ2n) is 8.08. The van der Waals surface area contributed by atoms with Crippen LogP contribution in [-0.4, -0.2) is 48.3 Å². The van der Waals surface area contributed by atoms with Crippen molar-refractivity contribution in [3.8, 4) is 0 Å². The maximum Gasteiger partial charge on any atom is 0.255 e. The van der Waals surface area contributed by atoms with Gasteiger partial charge in [-0.15, -0.1) is 0 Å². The van der Waals surface area contributed by atoms with Crippen LogP contribution in [0.25, 0.3) is 11.0 Å². The van der Waals surface area contributed by atoms with Crippen molar-refractivity contribution < 1.29 is 17.9 Å². The molecule has 1 aromatic carbocycles. The Kier molecular flexibility index (Phi) is 6.63.